The molecule has 46 heavy (non-hydrogen) atoms. The van der Waals surface area contributed by atoms with Crippen LogP contribution >= 0.6 is 0 Å². The number of benzene rings is 2. The molecular formula is C35H34FN5O4S. The molecule has 1 unspecified atom stereocenters. The number of halogens is 1. The van der Waals surface area contributed by atoms with Crippen molar-refractivity contribution in [3.63, 3.8) is 0 Å². The maximum atomic E-state index is 13.7. The molecule has 1 aliphatic rings. The highest BCUT2D eigenvalue weighted by Crippen LogP contribution is 2.42. The smallest absolute Gasteiger partial charge is 0.255 e. The van der Waals surface area contributed by atoms with Gasteiger partial charge >= 0.3 is 0 Å². The highest BCUT2D eigenvalue weighted by Gasteiger charge is 2.27. The molecule has 5 heterocycles. The Kier molecular flexibility index (Phi) is 8.35. The van der Waals surface area contributed by atoms with Crippen molar-refractivity contribution >= 4 is 44.6 Å². The van der Waals surface area contributed by atoms with E-state index in [1.807, 2.05) is 44.2 Å². The first kappa shape index (κ1) is 31.0. The lowest BCUT2D eigenvalue weighted by atomic mass is 9.98. The fraction of sp³-hybridized carbons (Fsp3) is 0.229. The summed E-state index contributed by atoms with van der Waals surface area (Å²) in [6, 6.07) is 19.3. The Morgan fingerprint density at radius 3 is 2.52 bits per heavy atom. The minimum Gasteiger partial charge on any atom is -0.481 e. The second-order valence-electron chi connectivity index (χ2n) is 10.6. The predicted molar refractivity (Wildman–Crippen MR) is 181 cm³/mol. The number of amides is 1. The zero-order valence-corrected chi connectivity index (χ0v) is 27.3. The summed E-state index contributed by atoms with van der Waals surface area (Å²) < 4.78 is 41.9. The molecule has 236 valence electrons. The van der Waals surface area contributed by atoms with Crippen molar-refractivity contribution in [2.75, 3.05) is 31.8 Å². The zero-order valence-electron chi connectivity index (χ0n) is 26.5. The van der Waals surface area contributed by atoms with Gasteiger partial charge in [0.25, 0.3) is 5.91 Å². The Morgan fingerprint density at radius 1 is 1.07 bits per heavy atom. The molecule has 0 aliphatic carbocycles. The second kappa shape index (κ2) is 12.4. The first-order valence-corrected chi connectivity index (χ1v) is 16.5. The number of anilines is 1. The Labute approximate surface area is 268 Å². The summed E-state index contributed by atoms with van der Waals surface area (Å²) in [6.07, 6.45) is 2.40. The number of ether oxygens (including phenoxy) is 1. The third kappa shape index (κ3) is 5.20. The number of aromatic nitrogens is 3. The molecule has 2 aromatic carbocycles. The van der Waals surface area contributed by atoms with Crippen molar-refractivity contribution in [1.82, 2.24) is 19.9 Å². The third-order valence-corrected chi connectivity index (χ3v) is 9.10. The van der Waals surface area contributed by atoms with Gasteiger partial charge in [-0.05, 0) is 60.5 Å². The molecule has 1 atom stereocenters. The first-order chi connectivity index (χ1) is 22.3. The van der Waals surface area contributed by atoms with E-state index in [9.17, 15) is 13.4 Å². The lowest BCUT2D eigenvalue weighted by Gasteiger charge is -2.22. The maximum absolute atomic E-state index is 13.7. The molecule has 0 saturated heterocycles. The summed E-state index contributed by atoms with van der Waals surface area (Å²) in [5.41, 5.74) is 7.98. The van der Waals surface area contributed by atoms with Crippen molar-refractivity contribution in [1.29, 1.82) is 0 Å². The van der Waals surface area contributed by atoms with Gasteiger partial charge < -0.3 is 19.0 Å². The second-order valence-corrected chi connectivity index (χ2v) is 12.0. The van der Waals surface area contributed by atoms with Gasteiger partial charge in [0, 0.05) is 55.5 Å². The number of fused-ring (bicyclic) bond motifs is 6. The number of nitrogens with one attached hydrogen (secondary N) is 1. The van der Waals surface area contributed by atoms with E-state index in [0.29, 0.717) is 50.7 Å². The summed E-state index contributed by atoms with van der Waals surface area (Å²) in [6.45, 7) is 4.80. The molecule has 6 aromatic rings. The number of furan rings is 1. The SMILES string of the molecule is CC.CNC(=O)c1c(-c2ccc(F)cc2)oc2cc(N(C)S(C)=O)c(-c3ccc4c(n3)-c3cc5nc(OC)ccc5n3CC4)cc12. The molecule has 0 saturated carbocycles. The standard InChI is InChI=1S/C33H28FN5O4S.C2H6/c1-35-33(40)30-22-15-21(26(38(2)44(4)41)17-28(22)43-32(30)19-5-8-20(34)9-6-19)23-10-7-18-13-14-39-25-11-12-29(42-3)36-24(25)16-27(39)31(18)37-23;1-2/h5-12,15-17H,13-14H2,1-4H3,(H,35,40);1-2H3. The number of hydrogen-bond donors (Lipinski definition) is 1. The maximum Gasteiger partial charge on any atom is 0.255 e. The van der Waals surface area contributed by atoms with E-state index < -0.39 is 16.8 Å². The van der Waals surface area contributed by atoms with Gasteiger partial charge in [-0.1, -0.05) is 19.9 Å². The van der Waals surface area contributed by atoms with Gasteiger partial charge in [-0.2, -0.15) is 0 Å². The Hall–Kier alpha value is -5.03. The fourth-order valence-corrected chi connectivity index (χ4v) is 6.28. The summed E-state index contributed by atoms with van der Waals surface area (Å²) >= 11 is 0. The van der Waals surface area contributed by atoms with E-state index in [1.165, 1.54) is 12.1 Å². The van der Waals surface area contributed by atoms with Crippen molar-refractivity contribution in [3.05, 3.63) is 83.7 Å². The largest absolute Gasteiger partial charge is 0.481 e. The van der Waals surface area contributed by atoms with Crippen LogP contribution in [0.5, 0.6) is 5.88 Å². The van der Waals surface area contributed by atoms with Gasteiger partial charge in [-0.3, -0.25) is 9.10 Å². The number of methoxy groups -OCH3 is 1. The quantitative estimate of drug-likeness (QED) is 0.211. The average molecular weight is 640 g/mol. The number of carbonyl (C=O) groups excluding carboxylic acids is 1. The van der Waals surface area contributed by atoms with Gasteiger partial charge in [0.1, 0.15) is 28.1 Å². The first-order valence-electron chi connectivity index (χ1n) is 15.0. The number of carbonyl (C=O) groups is 1. The summed E-state index contributed by atoms with van der Waals surface area (Å²) in [5.74, 6) is 0.118. The van der Waals surface area contributed by atoms with Crippen molar-refractivity contribution < 1.29 is 22.5 Å². The van der Waals surface area contributed by atoms with Crippen LogP contribution in [0.1, 0.15) is 29.8 Å². The molecule has 7 rings (SSSR count). The lowest BCUT2D eigenvalue weighted by Crippen LogP contribution is -2.20. The predicted octanol–water partition coefficient (Wildman–Crippen LogP) is 7.00. The van der Waals surface area contributed by atoms with Crippen molar-refractivity contribution in [3.8, 4) is 39.8 Å². The van der Waals surface area contributed by atoms with Crippen molar-refractivity contribution in [2.24, 2.45) is 0 Å². The average Bonchev–Trinajstić information content (AvgIpc) is 3.66. The number of nitrogens with zero attached hydrogens (tertiary/aromatic N) is 4. The van der Waals surface area contributed by atoms with Crippen molar-refractivity contribution in [2.45, 2.75) is 26.8 Å². The summed E-state index contributed by atoms with van der Waals surface area (Å²) in [4.78, 5) is 23.0. The molecule has 0 bridgehead atoms. The van der Waals surface area contributed by atoms with Crippen LogP contribution in [0.15, 0.2) is 71.1 Å². The van der Waals surface area contributed by atoms with Crippen LogP contribution in [-0.4, -0.2) is 52.1 Å². The Balaban J connectivity index is 0.00000182. The monoisotopic (exact) mass is 639 g/mol. The van der Waals surface area contributed by atoms with Crippen LogP contribution < -0.4 is 14.4 Å². The number of rotatable bonds is 6. The number of aryl methyl sites for hydroxylation is 2. The minimum atomic E-state index is -1.37. The van der Waals surface area contributed by atoms with Gasteiger partial charge in [0.05, 0.1) is 46.5 Å². The van der Waals surface area contributed by atoms with Gasteiger partial charge in [0.2, 0.25) is 5.88 Å². The molecule has 0 fully saturated rings. The normalized spacial score (nSPS) is 12.6. The fourth-order valence-electron chi connectivity index (χ4n) is 5.86. The van der Waals surface area contributed by atoms with Gasteiger partial charge in [-0.15, -0.1) is 0 Å². The lowest BCUT2D eigenvalue weighted by molar-refractivity contribution is 0.0964. The highest BCUT2D eigenvalue weighted by molar-refractivity contribution is 7.85. The molecule has 0 radical (unpaired) electrons. The van der Waals surface area contributed by atoms with Crippen LogP contribution in [0.3, 0.4) is 0 Å². The zero-order chi connectivity index (χ0) is 32.7. The Bertz CT molecular complexity index is 2140. The molecule has 1 aliphatic heterocycles. The minimum absolute atomic E-state index is 0.313. The number of pyridine rings is 2. The van der Waals surface area contributed by atoms with Crippen LogP contribution in [0.25, 0.3) is 56.0 Å². The topological polar surface area (TPSA) is 102 Å². The number of hydrogen-bond acceptors (Lipinski definition) is 6. The van der Waals surface area contributed by atoms with E-state index >= 15 is 0 Å². The molecule has 1 N–H and O–H groups in total. The summed E-state index contributed by atoms with van der Waals surface area (Å²) in [5, 5.41) is 3.26. The Morgan fingerprint density at radius 2 is 1.83 bits per heavy atom. The molecule has 0 spiro atoms. The molecular weight excluding hydrogens is 605 g/mol. The van der Waals surface area contributed by atoms with E-state index in [2.05, 4.69) is 20.9 Å². The summed E-state index contributed by atoms with van der Waals surface area (Å²) in [7, 11) is 3.51. The molecule has 1 amide bonds. The van der Waals surface area contributed by atoms with Crippen LogP contribution in [0.2, 0.25) is 0 Å². The van der Waals surface area contributed by atoms with E-state index in [4.69, 9.17) is 14.1 Å². The molecule has 4 aromatic heterocycles. The highest BCUT2D eigenvalue weighted by atomic mass is 32.2. The third-order valence-electron chi connectivity index (χ3n) is 8.13. The molecule has 11 heteroatoms. The van der Waals surface area contributed by atoms with Crippen LogP contribution in [0.4, 0.5) is 10.1 Å². The van der Waals surface area contributed by atoms with Crippen LogP contribution in [-0.2, 0) is 24.0 Å². The van der Waals surface area contributed by atoms with E-state index in [1.54, 1.807) is 50.0 Å². The molecule has 9 nitrogen and oxygen atoms in total. The van der Waals surface area contributed by atoms with E-state index in [0.717, 1.165) is 41.0 Å². The van der Waals surface area contributed by atoms with Crippen LogP contribution in [0, 0.1) is 5.82 Å². The van der Waals surface area contributed by atoms with Gasteiger partial charge in [-0.25, -0.2) is 18.6 Å². The van der Waals surface area contributed by atoms with E-state index in [-0.39, 0.29) is 5.91 Å². The van der Waals surface area contributed by atoms with Gasteiger partial charge in [0.15, 0.2) is 0 Å².